The van der Waals surface area contributed by atoms with Crippen LogP contribution in [-0.2, 0) is 0 Å². The van der Waals surface area contributed by atoms with Crippen molar-refractivity contribution in [3.8, 4) is 5.75 Å². The highest BCUT2D eigenvalue weighted by Gasteiger charge is 2.39. The fraction of sp³-hybridized carbons (Fsp3) is 0.400. The van der Waals surface area contributed by atoms with Crippen molar-refractivity contribution in [1.82, 2.24) is 0 Å². The average molecular weight is 278 g/mol. The lowest BCUT2D eigenvalue weighted by Gasteiger charge is -2.12. The Morgan fingerprint density at radius 1 is 1.40 bits per heavy atom. The monoisotopic (exact) mass is 277 g/mol. The third kappa shape index (κ3) is 2.46. The van der Waals surface area contributed by atoms with Crippen molar-refractivity contribution >= 4 is 15.9 Å². The summed E-state index contributed by atoms with van der Waals surface area (Å²) in [6, 6.07) is 2.45. The summed E-state index contributed by atoms with van der Waals surface area (Å²) in [7, 11) is 0. The summed E-state index contributed by atoms with van der Waals surface area (Å²) in [6.45, 7) is 0.222. The molecule has 1 fully saturated rings. The van der Waals surface area contributed by atoms with Crippen LogP contribution in [0.3, 0.4) is 0 Å². The number of hydrogen-bond donors (Lipinski definition) is 1. The molecule has 0 spiro atoms. The van der Waals surface area contributed by atoms with Crippen LogP contribution in [-0.4, -0.2) is 12.1 Å². The van der Waals surface area contributed by atoms with Crippen molar-refractivity contribution in [3.63, 3.8) is 0 Å². The summed E-state index contributed by atoms with van der Waals surface area (Å²) in [6.07, 6.45) is 1.73. The molecule has 0 heterocycles. The zero-order valence-corrected chi connectivity index (χ0v) is 9.48. The summed E-state index contributed by atoms with van der Waals surface area (Å²) in [4.78, 5) is 0. The van der Waals surface area contributed by atoms with E-state index in [0.717, 1.165) is 18.9 Å². The van der Waals surface area contributed by atoms with Gasteiger partial charge in [-0.15, -0.1) is 0 Å². The van der Waals surface area contributed by atoms with E-state index in [1.165, 1.54) is 6.07 Å². The van der Waals surface area contributed by atoms with Gasteiger partial charge < -0.3 is 10.5 Å². The Morgan fingerprint density at radius 2 is 2.07 bits per heavy atom. The van der Waals surface area contributed by atoms with E-state index in [2.05, 4.69) is 15.9 Å². The lowest BCUT2D eigenvalue weighted by atomic mass is 10.3. The van der Waals surface area contributed by atoms with Crippen LogP contribution in [0.4, 0.5) is 8.78 Å². The molecule has 1 aromatic carbocycles. The molecule has 1 aliphatic rings. The Morgan fingerprint density at radius 3 is 2.67 bits per heavy atom. The SMILES string of the molecule is NC1(COc2cc(Br)cc(F)c2F)CC1. The first-order chi connectivity index (χ1) is 7.00. The van der Waals surface area contributed by atoms with Gasteiger partial charge in [0.25, 0.3) is 0 Å². The Bertz CT molecular complexity index is 393. The van der Waals surface area contributed by atoms with E-state index in [1.54, 1.807) is 0 Å². The zero-order valence-electron chi connectivity index (χ0n) is 7.90. The van der Waals surface area contributed by atoms with Gasteiger partial charge in [-0.2, -0.15) is 4.39 Å². The van der Waals surface area contributed by atoms with Crippen LogP contribution in [0.1, 0.15) is 12.8 Å². The quantitative estimate of drug-likeness (QED) is 0.862. The van der Waals surface area contributed by atoms with Gasteiger partial charge in [-0.05, 0) is 25.0 Å². The molecule has 0 radical (unpaired) electrons. The largest absolute Gasteiger partial charge is 0.488 e. The molecule has 0 atom stereocenters. The number of hydrogen-bond acceptors (Lipinski definition) is 2. The molecule has 82 valence electrons. The van der Waals surface area contributed by atoms with E-state index in [4.69, 9.17) is 10.5 Å². The Balaban J connectivity index is 2.13. The van der Waals surface area contributed by atoms with Gasteiger partial charge in [-0.3, -0.25) is 0 Å². The fourth-order valence-electron chi connectivity index (χ4n) is 1.16. The van der Waals surface area contributed by atoms with Gasteiger partial charge in [0.2, 0.25) is 5.82 Å². The van der Waals surface area contributed by atoms with E-state index >= 15 is 0 Å². The van der Waals surface area contributed by atoms with Gasteiger partial charge in [0.15, 0.2) is 11.6 Å². The average Bonchev–Trinajstić information content (AvgIpc) is 2.88. The second-order valence-electron chi connectivity index (χ2n) is 3.85. The zero-order chi connectivity index (χ0) is 11.1. The topological polar surface area (TPSA) is 35.2 Å². The molecule has 5 heteroatoms. The summed E-state index contributed by atoms with van der Waals surface area (Å²) >= 11 is 3.07. The molecule has 0 aromatic heterocycles. The van der Waals surface area contributed by atoms with Crippen molar-refractivity contribution in [3.05, 3.63) is 28.2 Å². The van der Waals surface area contributed by atoms with E-state index in [0.29, 0.717) is 4.47 Å². The standard InChI is InChI=1S/C10H10BrF2NO/c11-6-3-7(12)9(13)8(4-6)15-5-10(14)1-2-10/h3-4H,1-2,5,14H2. The number of rotatable bonds is 3. The molecule has 0 unspecified atom stereocenters. The molecule has 0 aliphatic heterocycles. The molecule has 0 amide bonds. The highest BCUT2D eigenvalue weighted by Crippen LogP contribution is 2.34. The molecule has 1 aromatic rings. The number of nitrogens with two attached hydrogens (primary N) is 1. The highest BCUT2D eigenvalue weighted by atomic mass is 79.9. The molecular formula is C10H10BrF2NO. The van der Waals surface area contributed by atoms with Gasteiger partial charge >= 0.3 is 0 Å². The first kappa shape index (κ1) is 10.8. The predicted molar refractivity (Wildman–Crippen MR) is 55.7 cm³/mol. The fourth-order valence-corrected chi connectivity index (χ4v) is 1.57. The van der Waals surface area contributed by atoms with Gasteiger partial charge in [0.05, 0.1) is 5.54 Å². The maximum Gasteiger partial charge on any atom is 0.200 e. The molecular weight excluding hydrogens is 268 g/mol. The van der Waals surface area contributed by atoms with Gasteiger partial charge in [-0.25, -0.2) is 4.39 Å². The lowest BCUT2D eigenvalue weighted by molar-refractivity contribution is 0.263. The van der Waals surface area contributed by atoms with Gasteiger partial charge in [-0.1, -0.05) is 15.9 Å². The Hall–Kier alpha value is -0.680. The van der Waals surface area contributed by atoms with Crippen molar-refractivity contribution < 1.29 is 13.5 Å². The molecule has 1 saturated carbocycles. The molecule has 2 nitrogen and oxygen atoms in total. The number of halogens is 3. The number of ether oxygens (including phenoxy) is 1. The Labute approximate surface area is 94.5 Å². The minimum absolute atomic E-state index is 0.0985. The van der Waals surface area contributed by atoms with Gasteiger partial charge in [0, 0.05) is 4.47 Å². The lowest BCUT2D eigenvalue weighted by Crippen LogP contribution is -2.30. The van der Waals surface area contributed by atoms with Crippen LogP contribution in [0, 0.1) is 11.6 Å². The van der Waals surface area contributed by atoms with Crippen molar-refractivity contribution in [1.29, 1.82) is 0 Å². The molecule has 1 aliphatic carbocycles. The number of benzene rings is 1. The first-order valence-corrected chi connectivity index (χ1v) is 5.36. The van der Waals surface area contributed by atoms with E-state index in [9.17, 15) is 8.78 Å². The summed E-state index contributed by atoms with van der Waals surface area (Å²) in [5, 5.41) is 0. The highest BCUT2D eigenvalue weighted by molar-refractivity contribution is 9.10. The molecule has 0 saturated heterocycles. The Kier molecular flexibility index (Phi) is 2.68. The second-order valence-corrected chi connectivity index (χ2v) is 4.77. The van der Waals surface area contributed by atoms with Crippen LogP contribution in [0.2, 0.25) is 0 Å². The normalized spacial score (nSPS) is 17.6. The van der Waals surface area contributed by atoms with Crippen LogP contribution in [0.15, 0.2) is 16.6 Å². The van der Waals surface area contributed by atoms with Crippen LogP contribution < -0.4 is 10.5 Å². The van der Waals surface area contributed by atoms with E-state index in [-0.39, 0.29) is 17.9 Å². The minimum Gasteiger partial charge on any atom is -0.488 e. The first-order valence-electron chi connectivity index (χ1n) is 4.56. The second kappa shape index (κ2) is 3.72. The van der Waals surface area contributed by atoms with E-state index < -0.39 is 11.6 Å². The van der Waals surface area contributed by atoms with Crippen LogP contribution >= 0.6 is 15.9 Å². The summed E-state index contributed by atoms with van der Waals surface area (Å²) in [5.74, 6) is -2.00. The smallest absolute Gasteiger partial charge is 0.200 e. The predicted octanol–water partition coefficient (Wildman–Crippen LogP) is 2.60. The minimum atomic E-state index is -0.970. The van der Waals surface area contributed by atoms with Crippen molar-refractivity contribution in [2.24, 2.45) is 5.73 Å². The maximum absolute atomic E-state index is 13.2. The molecule has 15 heavy (non-hydrogen) atoms. The summed E-state index contributed by atoms with van der Waals surface area (Å²) in [5.41, 5.74) is 5.43. The van der Waals surface area contributed by atoms with Crippen molar-refractivity contribution in [2.75, 3.05) is 6.61 Å². The van der Waals surface area contributed by atoms with Crippen molar-refractivity contribution in [2.45, 2.75) is 18.4 Å². The maximum atomic E-state index is 13.2. The van der Waals surface area contributed by atoms with Crippen LogP contribution in [0.25, 0.3) is 0 Å². The van der Waals surface area contributed by atoms with E-state index in [1.807, 2.05) is 0 Å². The molecule has 2 rings (SSSR count). The van der Waals surface area contributed by atoms with Crippen LogP contribution in [0.5, 0.6) is 5.75 Å². The van der Waals surface area contributed by atoms with Gasteiger partial charge in [0.1, 0.15) is 6.61 Å². The third-order valence-corrected chi connectivity index (χ3v) is 2.82. The molecule has 2 N–H and O–H groups in total. The third-order valence-electron chi connectivity index (χ3n) is 2.37. The molecule has 0 bridgehead atoms. The summed E-state index contributed by atoms with van der Waals surface area (Å²) < 4.78 is 31.8.